The second kappa shape index (κ2) is 8.39. The highest BCUT2D eigenvalue weighted by molar-refractivity contribution is 7.99. The largest absolute Gasteiger partial charge is 0.313 e. The Hall–Kier alpha value is -1.07. The van der Waals surface area contributed by atoms with E-state index in [-0.39, 0.29) is 10.6 Å². The molecular weight excluding hydrogens is 284 g/mol. The molecule has 0 bridgehead atoms. The van der Waals surface area contributed by atoms with Crippen molar-refractivity contribution in [2.75, 3.05) is 12.3 Å². The van der Waals surface area contributed by atoms with Gasteiger partial charge in [0, 0.05) is 17.9 Å². The average molecular weight is 308 g/mol. The molecule has 0 amide bonds. The summed E-state index contributed by atoms with van der Waals surface area (Å²) < 4.78 is 0. The van der Waals surface area contributed by atoms with E-state index in [0.29, 0.717) is 12.0 Å². The van der Waals surface area contributed by atoms with Gasteiger partial charge in [0.15, 0.2) is 0 Å². The number of benzene rings is 1. The third-order valence-corrected chi connectivity index (χ3v) is 5.35. The molecule has 1 fully saturated rings. The van der Waals surface area contributed by atoms with Crippen molar-refractivity contribution in [3.63, 3.8) is 0 Å². The van der Waals surface area contributed by atoms with Gasteiger partial charge < -0.3 is 5.32 Å². The molecular formula is C16H24N2O2S. The third kappa shape index (κ3) is 4.71. The van der Waals surface area contributed by atoms with Crippen molar-refractivity contribution in [1.29, 1.82) is 0 Å². The van der Waals surface area contributed by atoms with Gasteiger partial charge in [-0.2, -0.15) is 0 Å². The summed E-state index contributed by atoms with van der Waals surface area (Å²) in [6.45, 7) is 3.09. The van der Waals surface area contributed by atoms with E-state index in [1.54, 1.807) is 23.9 Å². The summed E-state index contributed by atoms with van der Waals surface area (Å²) in [5.41, 5.74) is 0.224. The molecule has 0 heterocycles. The SMILES string of the molecule is CCNC(CSc1ccccc1[N+](=O)[O-])C1CCCCC1. The molecule has 5 heteroatoms. The predicted octanol–water partition coefficient (Wildman–Crippen LogP) is 4.25. The Kier molecular flexibility index (Phi) is 6.51. The van der Waals surface area contributed by atoms with Crippen molar-refractivity contribution < 1.29 is 4.92 Å². The molecule has 0 spiro atoms. The van der Waals surface area contributed by atoms with E-state index >= 15 is 0 Å². The number of nitro benzene ring substituents is 1. The molecule has 0 radical (unpaired) electrons. The molecule has 0 aliphatic heterocycles. The van der Waals surface area contributed by atoms with Gasteiger partial charge in [0.25, 0.3) is 5.69 Å². The average Bonchev–Trinajstić information content (AvgIpc) is 2.52. The highest BCUT2D eigenvalue weighted by Gasteiger charge is 2.24. The summed E-state index contributed by atoms with van der Waals surface area (Å²) in [4.78, 5) is 11.6. The Morgan fingerprint density at radius 3 is 2.71 bits per heavy atom. The summed E-state index contributed by atoms with van der Waals surface area (Å²) in [7, 11) is 0. The van der Waals surface area contributed by atoms with Gasteiger partial charge in [-0.05, 0) is 31.4 Å². The van der Waals surface area contributed by atoms with E-state index in [9.17, 15) is 10.1 Å². The van der Waals surface area contributed by atoms with Gasteiger partial charge in [-0.1, -0.05) is 38.3 Å². The van der Waals surface area contributed by atoms with Crippen LogP contribution in [-0.2, 0) is 0 Å². The molecule has 1 aromatic rings. The van der Waals surface area contributed by atoms with Crippen molar-refractivity contribution in [3.8, 4) is 0 Å². The lowest BCUT2D eigenvalue weighted by Crippen LogP contribution is -2.39. The molecule has 0 aromatic heterocycles. The fourth-order valence-electron chi connectivity index (χ4n) is 3.07. The fourth-order valence-corrected chi connectivity index (χ4v) is 4.28. The molecule has 1 atom stereocenters. The van der Waals surface area contributed by atoms with E-state index in [4.69, 9.17) is 0 Å². The summed E-state index contributed by atoms with van der Waals surface area (Å²) in [6.07, 6.45) is 6.57. The number of nitro groups is 1. The zero-order valence-electron chi connectivity index (χ0n) is 12.6. The zero-order chi connectivity index (χ0) is 15.1. The highest BCUT2D eigenvalue weighted by atomic mass is 32.2. The van der Waals surface area contributed by atoms with Crippen LogP contribution in [0.15, 0.2) is 29.2 Å². The lowest BCUT2D eigenvalue weighted by Gasteiger charge is -2.30. The minimum absolute atomic E-state index is 0.224. The zero-order valence-corrected chi connectivity index (χ0v) is 13.4. The van der Waals surface area contributed by atoms with Crippen LogP contribution >= 0.6 is 11.8 Å². The first-order chi connectivity index (χ1) is 10.2. The van der Waals surface area contributed by atoms with Gasteiger partial charge in [0.05, 0.1) is 9.82 Å². The number of nitrogens with one attached hydrogen (secondary N) is 1. The Morgan fingerprint density at radius 1 is 1.33 bits per heavy atom. The smallest absolute Gasteiger partial charge is 0.282 e. The Morgan fingerprint density at radius 2 is 2.05 bits per heavy atom. The molecule has 2 rings (SSSR count). The Balaban J connectivity index is 1.99. The van der Waals surface area contributed by atoms with Crippen LogP contribution in [0.5, 0.6) is 0 Å². The standard InChI is InChI=1S/C16H24N2O2S/c1-2-17-14(13-8-4-3-5-9-13)12-21-16-11-7-6-10-15(16)18(19)20/h6-7,10-11,13-14,17H,2-5,8-9,12H2,1H3. The van der Waals surface area contributed by atoms with E-state index < -0.39 is 0 Å². The van der Waals surface area contributed by atoms with Crippen LogP contribution in [0.4, 0.5) is 5.69 Å². The van der Waals surface area contributed by atoms with E-state index in [1.807, 2.05) is 12.1 Å². The molecule has 116 valence electrons. The van der Waals surface area contributed by atoms with Crippen molar-refractivity contribution in [2.45, 2.75) is 50.0 Å². The van der Waals surface area contributed by atoms with Gasteiger partial charge in [-0.15, -0.1) is 11.8 Å². The first-order valence-corrected chi connectivity index (χ1v) is 8.80. The van der Waals surface area contributed by atoms with Gasteiger partial charge in [-0.25, -0.2) is 0 Å². The highest BCUT2D eigenvalue weighted by Crippen LogP contribution is 2.33. The van der Waals surface area contributed by atoms with Gasteiger partial charge in [0.1, 0.15) is 0 Å². The quantitative estimate of drug-likeness (QED) is 0.465. The lowest BCUT2D eigenvalue weighted by atomic mass is 9.84. The summed E-state index contributed by atoms with van der Waals surface area (Å²) in [5.74, 6) is 1.62. The molecule has 1 aliphatic rings. The van der Waals surface area contributed by atoms with Gasteiger partial charge in [-0.3, -0.25) is 10.1 Å². The molecule has 1 saturated carbocycles. The molecule has 1 aliphatic carbocycles. The van der Waals surface area contributed by atoms with Crippen LogP contribution in [-0.4, -0.2) is 23.3 Å². The van der Waals surface area contributed by atoms with Crippen LogP contribution in [0.2, 0.25) is 0 Å². The minimum Gasteiger partial charge on any atom is -0.313 e. The summed E-state index contributed by atoms with van der Waals surface area (Å²) in [5, 5.41) is 14.7. The van der Waals surface area contributed by atoms with Gasteiger partial charge in [0.2, 0.25) is 0 Å². The molecule has 1 unspecified atom stereocenters. The van der Waals surface area contributed by atoms with Gasteiger partial charge >= 0.3 is 0 Å². The van der Waals surface area contributed by atoms with Crippen LogP contribution in [0.1, 0.15) is 39.0 Å². The van der Waals surface area contributed by atoms with Crippen molar-refractivity contribution in [2.24, 2.45) is 5.92 Å². The maximum atomic E-state index is 11.1. The monoisotopic (exact) mass is 308 g/mol. The van der Waals surface area contributed by atoms with E-state index in [0.717, 1.165) is 17.2 Å². The molecule has 21 heavy (non-hydrogen) atoms. The molecule has 0 saturated heterocycles. The molecule has 1 N–H and O–H groups in total. The third-order valence-electron chi connectivity index (χ3n) is 4.17. The first-order valence-electron chi connectivity index (χ1n) is 7.82. The number of thioether (sulfide) groups is 1. The number of para-hydroxylation sites is 1. The van der Waals surface area contributed by atoms with E-state index in [2.05, 4.69) is 12.2 Å². The first kappa shape index (κ1) is 16.3. The maximum absolute atomic E-state index is 11.1. The molecule has 1 aromatic carbocycles. The summed E-state index contributed by atoms with van der Waals surface area (Å²) >= 11 is 1.61. The number of hydrogen-bond acceptors (Lipinski definition) is 4. The maximum Gasteiger partial charge on any atom is 0.282 e. The van der Waals surface area contributed by atoms with Crippen molar-refractivity contribution in [1.82, 2.24) is 5.32 Å². The van der Waals surface area contributed by atoms with Crippen LogP contribution in [0.25, 0.3) is 0 Å². The number of hydrogen-bond donors (Lipinski definition) is 1. The normalized spacial score (nSPS) is 17.6. The van der Waals surface area contributed by atoms with Crippen molar-refractivity contribution in [3.05, 3.63) is 34.4 Å². The topological polar surface area (TPSA) is 55.2 Å². The summed E-state index contributed by atoms with van der Waals surface area (Å²) in [6, 6.07) is 7.50. The Bertz CT molecular complexity index is 461. The fraction of sp³-hybridized carbons (Fsp3) is 0.625. The van der Waals surface area contributed by atoms with Crippen molar-refractivity contribution >= 4 is 17.4 Å². The van der Waals surface area contributed by atoms with E-state index in [1.165, 1.54) is 32.1 Å². The second-order valence-electron chi connectivity index (χ2n) is 5.60. The Labute approximate surface area is 130 Å². The molecule has 4 nitrogen and oxygen atoms in total. The van der Waals surface area contributed by atoms with Crippen LogP contribution < -0.4 is 5.32 Å². The van der Waals surface area contributed by atoms with Crippen LogP contribution in [0, 0.1) is 16.0 Å². The number of nitrogens with zero attached hydrogens (tertiary/aromatic N) is 1. The predicted molar refractivity (Wildman–Crippen MR) is 87.9 cm³/mol. The lowest BCUT2D eigenvalue weighted by molar-refractivity contribution is -0.387. The number of rotatable bonds is 7. The second-order valence-corrected chi connectivity index (χ2v) is 6.66. The minimum atomic E-state index is -0.287. The van der Waals surface area contributed by atoms with Crippen LogP contribution in [0.3, 0.4) is 0 Å².